The Morgan fingerprint density at radius 3 is 2.68 bits per heavy atom. The van der Waals surface area contributed by atoms with Gasteiger partial charge in [0.2, 0.25) is 5.91 Å². The number of carbonyl (C=O) groups is 2. The zero-order valence-corrected chi connectivity index (χ0v) is 12.5. The molecule has 0 radical (unpaired) electrons. The number of hydrogen-bond acceptors (Lipinski definition) is 4. The van der Waals surface area contributed by atoms with Gasteiger partial charge in [0.15, 0.2) is 0 Å². The van der Waals surface area contributed by atoms with E-state index in [9.17, 15) is 9.59 Å². The Balaban J connectivity index is 1.80. The lowest BCUT2D eigenvalue weighted by Gasteiger charge is -2.28. The third-order valence-corrected chi connectivity index (χ3v) is 4.35. The standard InChI is InChI=1S/C13H17ClN2O2S/c1-15(8-11-2-3-12(14)19-11)9-13(18)16-6-4-10(17)5-7-16/h2-3H,4-9H2,1H3. The van der Waals surface area contributed by atoms with E-state index >= 15 is 0 Å². The number of thiophene rings is 1. The molecule has 1 aromatic heterocycles. The molecule has 1 aromatic rings. The highest BCUT2D eigenvalue weighted by Gasteiger charge is 2.21. The summed E-state index contributed by atoms with van der Waals surface area (Å²) in [6.07, 6.45) is 0.992. The van der Waals surface area contributed by atoms with Crippen molar-refractivity contribution < 1.29 is 9.59 Å². The molecule has 0 aromatic carbocycles. The Labute approximate surface area is 121 Å². The monoisotopic (exact) mass is 300 g/mol. The number of hydrogen-bond donors (Lipinski definition) is 0. The number of likely N-dealkylation sites (tertiary alicyclic amines) is 1. The molecule has 0 spiro atoms. The van der Waals surface area contributed by atoms with Crippen molar-refractivity contribution in [1.82, 2.24) is 9.80 Å². The molecule has 2 rings (SSSR count). The maximum atomic E-state index is 12.1. The summed E-state index contributed by atoms with van der Waals surface area (Å²) in [6, 6.07) is 3.85. The van der Waals surface area contributed by atoms with Gasteiger partial charge in [0, 0.05) is 37.4 Å². The molecule has 0 aliphatic carbocycles. The maximum absolute atomic E-state index is 12.1. The van der Waals surface area contributed by atoms with Crippen LogP contribution >= 0.6 is 22.9 Å². The van der Waals surface area contributed by atoms with Gasteiger partial charge < -0.3 is 4.90 Å². The van der Waals surface area contributed by atoms with Crippen LogP contribution in [0.25, 0.3) is 0 Å². The van der Waals surface area contributed by atoms with Crippen LogP contribution in [0.2, 0.25) is 4.34 Å². The van der Waals surface area contributed by atoms with E-state index in [1.54, 1.807) is 4.90 Å². The summed E-state index contributed by atoms with van der Waals surface area (Å²) >= 11 is 7.41. The summed E-state index contributed by atoms with van der Waals surface area (Å²) in [4.78, 5) is 28.1. The highest BCUT2D eigenvalue weighted by Crippen LogP contribution is 2.22. The molecule has 1 aliphatic heterocycles. The van der Waals surface area contributed by atoms with Crippen LogP contribution in [0, 0.1) is 0 Å². The minimum absolute atomic E-state index is 0.0950. The zero-order chi connectivity index (χ0) is 13.8. The van der Waals surface area contributed by atoms with Crippen LogP contribution in [0.1, 0.15) is 17.7 Å². The molecule has 0 bridgehead atoms. The summed E-state index contributed by atoms with van der Waals surface area (Å²) in [7, 11) is 1.92. The second-order valence-electron chi connectivity index (χ2n) is 4.80. The minimum Gasteiger partial charge on any atom is -0.341 e. The number of piperidine rings is 1. The molecule has 0 N–H and O–H groups in total. The van der Waals surface area contributed by atoms with Crippen LogP contribution in [0.15, 0.2) is 12.1 Å². The Morgan fingerprint density at radius 2 is 2.11 bits per heavy atom. The van der Waals surface area contributed by atoms with Gasteiger partial charge in [-0.25, -0.2) is 0 Å². The van der Waals surface area contributed by atoms with Crippen LogP contribution < -0.4 is 0 Å². The van der Waals surface area contributed by atoms with Crippen molar-refractivity contribution in [3.05, 3.63) is 21.3 Å². The third-order valence-electron chi connectivity index (χ3n) is 3.13. The van der Waals surface area contributed by atoms with Gasteiger partial charge in [0.05, 0.1) is 10.9 Å². The predicted octanol–water partition coefficient (Wildman–Crippen LogP) is 2.02. The van der Waals surface area contributed by atoms with Crippen molar-refractivity contribution in [2.45, 2.75) is 19.4 Å². The van der Waals surface area contributed by atoms with E-state index in [-0.39, 0.29) is 11.7 Å². The first-order valence-electron chi connectivity index (χ1n) is 6.27. The van der Waals surface area contributed by atoms with E-state index in [0.717, 1.165) is 15.8 Å². The van der Waals surface area contributed by atoms with Gasteiger partial charge in [-0.2, -0.15) is 0 Å². The fraction of sp³-hybridized carbons (Fsp3) is 0.538. The minimum atomic E-state index is 0.0950. The molecule has 104 valence electrons. The molecular formula is C13H17ClN2O2S. The Hall–Kier alpha value is -0.910. The van der Waals surface area contributed by atoms with E-state index < -0.39 is 0 Å². The summed E-state index contributed by atoms with van der Waals surface area (Å²) in [5.41, 5.74) is 0. The Morgan fingerprint density at radius 1 is 1.42 bits per heavy atom. The second-order valence-corrected chi connectivity index (χ2v) is 6.60. The first-order valence-corrected chi connectivity index (χ1v) is 7.46. The van der Waals surface area contributed by atoms with Gasteiger partial charge in [-0.3, -0.25) is 14.5 Å². The number of amides is 1. The smallest absolute Gasteiger partial charge is 0.236 e. The fourth-order valence-corrected chi connectivity index (χ4v) is 3.26. The Kier molecular flexibility index (Phi) is 4.96. The van der Waals surface area contributed by atoms with Crippen LogP contribution in [0.5, 0.6) is 0 Å². The molecular weight excluding hydrogens is 284 g/mol. The van der Waals surface area contributed by atoms with Crippen LogP contribution in [-0.4, -0.2) is 48.2 Å². The highest BCUT2D eigenvalue weighted by atomic mass is 35.5. The van der Waals surface area contributed by atoms with E-state index in [1.165, 1.54) is 11.3 Å². The lowest BCUT2D eigenvalue weighted by molar-refractivity contribution is -0.135. The van der Waals surface area contributed by atoms with E-state index in [0.29, 0.717) is 32.5 Å². The molecule has 6 heteroatoms. The van der Waals surface area contributed by atoms with Crippen molar-refractivity contribution in [1.29, 1.82) is 0 Å². The summed E-state index contributed by atoms with van der Waals surface area (Å²) < 4.78 is 0.768. The van der Waals surface area contributed by atoms with E-state index in [4.69, 9.17) is 11.6 Å². The third kappa shape index (κ3) is 4.30. The second kappa shape index (κ2) is 6.50. The van der Waals surface area contributed by atoms with Crippen LogP contribution in [0.4, 0.5) is 0 Å². The van der Waals surface area contributed by atoms with Crippen LogP contribution in [0.3, 0.4) is 0 Å². The molecule has 1 fully saturated rings. The number of nitrogens with zero attached hydrogens (tertiary/aromatic N) is 2. The van der Waals surface area contributed by atoms with Gasteiger partial charge in [0.1, 0.15) is 5.78 Å². The van der Waals surface area contributed by atoms with Crippen molar-refractivity contribution >= 4 is 34.6 Å². The zero-order valence-electron chi connectivity index (χ0n) is 10.9. The van der Waals surface area contributed by atoms with Gasteiger partial charge in [-0.05, 0) is 19.2 Å². The van der Waals surface area contributed by atoms with E-state index in [1.807, 2.05) is 24.1 Å². The molecule has 0 atom stereocenters. The molecule has 1 aliphatic rings. The van der Waals surface area contributed by atoms with E-state index in [2.05, 4.69) is 0 Å². The number of Topliss-reactive ketones (excluding diaryl/α,β-unsaturated/α-hetero) is 1. The molecule has 1 saturated heterocycles. The maximum Gasteiger partial charge on any atom is 0.236 e. The quantitative estimate of drug-likeness (QED) is 0.854. The number of ketones is 1. The highest BCUT2D eigenvalue weighted by molar-refractivity contribution is 7.16. The van der Waals surface area contributed by atoms with Crippen LogP contribution in [-0.2, 0) is 16.1 Å². The van der Waals surface area contributed by atoms with Gasteiger partial charge in [-0.1, -0.05) is 11.6 Å². The Bertz CT molecular complexity index is 465. The van der Waals surface area contributed by atoms with Gasteiger partial charge >= 0.3 is 0 Å². The predicted molar refractivity (Wildman–Crippen MR) is 76.5 cm³/mol. The molecule has 1 amide bonds. The first-order chi connectivity index (χ1) is 9.04. The number of likely N-dealkylation sites (N-methyl/N-ethyl adjacent to an activating group) is 1. The number of halogens is 1. The topological polar surface area (TPSA) is 40.6 Å². The molecule has 0 saturated carbocycles. The largest absolute Gasteiger partial charge is 0.341 e. The lowest BCUT2D eigenvalue weighted by atomic mass is 10.1. The van der Waals surface area contributed by atoms with Crippen molar-refractivity contribution in [2.75, 3.05) is 26.7 Å². The number of rotatable bonds is 4. The van der Waals surface area contributed by atoms with Crippen molar-refractivity contribution in [3.8, 4) is 0 Å². The molecule has 0 unspecified atom stereocenters. The fourth-order valence-electron chi connectivity index (χ4n) is 2.10. The molecule has 2 heterocycles. The van der Waals surface area contributed by atoms with Gasteiger partial charge in [-0.15, -0.1) is 11.3 Å². The lowest BCUT2D eigenvalue weighted by Crippen LogP contribution is -2.43. The SMILES string of the molecule is CN(CC(=O)N1CCC(=O)CC1)Cc1ccc(Cl)s1. The van der Waals surface area contributed by atoms with Gasteiger partial charge in [0.25, 0.3) is 0 Å². The average molecular weight is 301 g/mol. The summed E-state index contributed by atoms with van der Waals surface area (Å²) in [5.74, 6) is 0.350. The summed E-state index contributed by atoms with van der Waals surface area (Å²) in [5, 5.41) is 0. The van der Waals surface area contributed by atoms with Crippen molar-refractivity contribution in [3.63, 3.8) is 0 Å². The average Bonchev–Trinajstić information content (AvgIpc) is 2.75. The normalized spacial score (nSPS) is 16.2. The number of carbonyl (C=O) groups excluding carboxylic acids is 2. The van der Waals surface area contributed by atoms with Crippen molar-refractivity contribution in [2.24, 2.45) is 0 Å². The summed E-state index contributed by atoms with van der Waals surface area (Å²) in [6.45, 7) is 2.23. The molecule has 19 heavy (non-hydrogen) atoms. The molecule has 4 nitrogen and oxygen atoms in total. The first kappa shape index (κ1) is 14.5.